The topological polar surface area (TPSA) is 93.1 Å². The summed E-state index contributed by atoms with van der Waals surface area (Å²) >= 11 is 0. The first-order valence-corrected chi connectivity index (χ1v) is 10.4. The maximum absolute atomic E-state index is 13.1. The number of methoxy groups -OCH3 is 1. The lowest BCUT2D eigenvalue weighted by Gasteiger charge is -2.25. The Hall–Kier alpha value is -3.61. The SMILES string of the molecule is CCCN1C(=O)C(=O)/C(=C(/O)c2cc(C)c(OC)cc2C)C1c1cccc(OC(C)=O)c1. The highest BCUT2D eigenvalue weighted by atomic mass is 16.5. The van der Waals surface area contributed by atoms with Gasteiger partial charge in [-0.3, -0.25) is 14.4 Å². The number of Topliss-reactive ketones (excluding diaryl/α,β-unsaturated/α-hetero) is 1. The van der Waals surface area contributed by atoms with Crippen LogP contribution < -0.4 is 9.47 Å². The van der Waals surface area contributed by atoms with E-state index < -0.39 is 23.7 Å². The number of likely N-dealkylation sites (tertiary alicyclic amines) is 1. The molecule has 1 unspecified atom stereocenters. The molecule has 7 nitrogen and oxygen atoms in total. The predicted octanol–water partition coefficient (Wildman–Crippen LogP) is 4.07. The van der Waals surface area contributed by atoms with Crippen LogP contribution in [0.4, 0.5) is 0 Å². The van der Waals surface area contributed by atoms with Crippen LogP contribution in [-0.2, 0) is 14.4 Å². The Balaban J connectivity index is 2.22. The van der Waals surface area contributed by atoms with E-state index >= 15 is 0 Å². The van der Waals surface area contributed by atoms with E-state index in [-0.39, 0.29) is 11.3 Å². The Kier molecular flexibility index (Phi) is 6.67. The molecule has 7 heteroatoms. The first-order valence-electron chi connectivity index (χ1n) is 10.4. The summed E-state index contributed by atoms with van der Waals surface area (Å²) < 4.78 is 10.5. The maximum Gasteiger partial charge on any atom is 0.308 e. The highest BCUT2D eigenvalue weighted by Crippen LogP contribution is 2.41. The molecule has 3 rings (SSSR count). The molecule has 1 atom stereocenters. The van der Waals surface area contributed by atoms with Gasteiger partial charge in [-0.1, -0.05) is 19.1 Å². The van der Waals surface area contributed by atoms with Crippen molar-refractivity contribution in [1.82, 2.24) is 4.90 Å². The minimum absolute atomic E-state index is 0.0103. The van der Waals surface area contributed by atoms with Crippen LogP contribution >= 0.6 is 0 Å². The normalized spacial score (nSPS) is 17.5. The first-order chi connectivity index (χ1) is 15.2. The van der Waals surface area contributed by atoms with Crippen LogP contribution in [-0.4, -0.2) is 41.3 Å². The van der Waals surface area contributed by atoms with E-state index in [0.29, 0.717) is 41.2 Å². The fraction of sp³-hybridized carbons (Fsp3) is 0.320. The summed E-state index contributed by atoms with van der Waals surface area (Å²) in [7, 11) is 1.56. The second kappa shape index (κ2) is 9.26. The predicted molar refractivity (Wildman–Crippen MR) is 120 cm³/mol. The Morgan fingerprint density at radius 1 is 1.12 bits per heavy atom. The average molecular weight is 437 g/mol. The monoisotopic (exact) mass is 437 g/mol. The summed E-state index contributed by atoms with van der Waals surface area (Å²) in [5.74, 6) is -1.17. The lowest BCUT2D eigenvalue weighted by molar-refractivity contribution is -0.139. The number of aliphatic hydroxyl groups excluding tert-OH is 1. The van der Waals surface area contributed by atoms with Gasteiger partial charge >= 0.3 is 5.97 Å². The van der Waals surface area contributed by atoms with Crippen LogP contribution in [0.2, 0.25) is 0 Å². The Bertz CT molecular complexity index is 1120. The minimum atomic E-state index is -0.799. The van der Waals surface area contributed by atoms with Gasteiger partial charge in [0, 0.05) is 19.0 Å². The molecular formula is C25H27NO6. The minimum Gasteiger partial charge on any atom is -0.507 e. The first kappa shape index (κ1) is 23.1. The van der Waals surface area contributed by atoms with Gasteiger partial charge in [0.25, 0.3) is 11.7 Å². The van der Waals surface area contributed by atoms with Crippen LogP contribution in [0.3, 0.4) is 0 Å². The number of aryl methyl sites for hydroxylation is 2. The van der Waals surface area contributed by atoms with Gasteiger partial charge in [0.1, 0.15) is 17.3 Å². The zero-order chi connectivity index (χ0) is 23.6. The summed E-state index contributed by atoms with van der Waals surface area (Å²) in [6.45, 7) is 7.18. The van der Waals surface area contributed by atoms with Crippen molar-refractivity contribution < 1.29 is 29.0 Å². The number of ketones is 1. The number of aliphatic hydroxyl groups is 1. The Morgan fingerprint density at radius 2 is 1.84 bits per heavy atom. The van der Waals surface area contributed by atoms with Crippen molar-refractivity contribution in [2.75, 3.05) is 13.7 Å². The van der Waals surface area contributed by atoms with E-state index in [1.807, 2.05) is 13.8 Å². The van der Waals surface area contributed by atoms with Crippen molar-refractivity contribution in [2.45, 2.75) is 40.2 Å². The smallest absolute Gasteiger partial charge is 0.308 e. The summed E-state index contributed by atoms with van der Waals surface area (Å²) in [4.78, 5) is 38.8. The number of ether oxygens (including phenoxy) is 2. The molecular weight excluding hydrogens is 410 g/mol. The number of hydrogen-bond acceptors (Lipinski definition) is 6. The van der Waals surface area contributed by atoms with E-state index in [9.17, 15) is 19.5 Å². The molecule has 1 N–H and O–H groups in total. The van der Waals surface area contributed by atoms with E-state index in [1.165, 1.54) is 11.8 Å². The lowest BCUT2D eigenvalue weighted by atomic mass is 9.93. The number of hydrogen-bond donors (Lipinski definition) is 1. The molecule has 0 radical (unpaired) electrons. The molecule has 168 valence electrons. The van der Waals surface area contributed by atoms with Crippen LogP contribution in [0.1, 0.15) is 48.6 Å². The third-order valence-corrected chi connectivity index (χ3v) is 5.44. The van der Waals surface area contributed by atoms with Gasteiger partial charge < -0.3 is 19.5 Å². The number of nitrogens with zero attached hydrogens (tertiary/aromatic N) is 1. The Morgan fingerprint density at radius 3 is 2.47 bits per heavy atom. The van der Waals surface area contributed by atoms with Gasteiger partial charge in [-0.15, -0.1) is 0 Å². The van der Waals surface area contributed by atoms with Crippen molar-refractivity contribution in [3.8, 4) is 11.5 Å². The van der Waals surface area contributed by atoms with Gasteiger partial charge in [-0.05, 0) is 61.2 Å². The van der Waals surface area contributed by atoms with Gasteiger partial charge in [-0.25, -0.2) is 0 Å². The standard InChI is InChI=1S/C25H27NO6/c1-6-10-26-22(17-8-7-9-18(13-17)32-16(4)27)21(24(29)25(26)30)23(28)19-11-15(3)20(31-5)12-14(19)2/h7-9,11-13,22,28H,6,10H2,1-5H3/b23-21+. The number of esters is 1. The highest BCUT2D eigenvalue weighted by molar-refractivity contribution is 6.46. The van der Waals surface area contributed by atoms with Crippen LogP contribution in [0, 0.1) is 13.8 Å². The second-order valence-corrected chi connectivity index (χ2v) is 7.80. The highest BCUT2D eigenvalue weighted by Gasteiger charge is 2.45. The molecule has 1 aliphatic rings. The van der Waals surface area contributed by atoms with Gasteiger partial charge in [0.2, 0.25) is 0 Å². The number of carbonyl (C=O) groups is 3. The van der Waals surface area contributed by atoms with Crippen molar-refractivity contribution >= 4 is 23.4 Å². The molecule has 0 saturated carbocycles. The molecule has 32 heavy (non-hydrogen) atoms. The average Bonchev–Trinajstić information content (AvgIpc) is 2.99. The number of carbonyl (C=O) groups excluding carboxylic acids is 3. The molecule has 0 aromatic heterocycles. The van der Waals surface area contributed by atoms with Crippen LogP contribution in [0.25, 0.3) is 5.76 Å². The quantitative estimate of drug-likeness (QED) is 0.241. The number of benzene rings is 2. The molecule has 1 saturated heterocycles. The number of rotatable bonds is 6. The fourth-order valence-electron chi connectivity index (χ4n) is 4.02. The molecule has 1 heterocycles. The van der Waals surface area contributed by atoms with Gasteiger partial charge in [0.05, 0.1) is 18.7 Å². The molecule has 2 aromatic rings. The summed E-state index contributed by atoms with van der Waals surface area (Å²) in [5.41, 5.74) is 2.53. The molecule has 0 aliphatic carbocycles. The molecule has 0 spiro atoms. The summed E-state index contributed by atoms with van der Waals surface area (Å²) in [6.07, 6.45) is 0.633. The lowest BCUT2D eigenvalue weighted by Crippen LogP contribution is -2.30. The van der Waals surface area contributed by atoms with Gasteiger partial charge in [0.15, 0.2) is 0 Å². The molecule has 1 aliphatic heterocycles. The maximum atomic E-state index is 13.1. The van der Waals surface area contributed by atoms with E-state index in [4.69, 9.17) is 9.47 Å². The van der Waals surface area contributed by atoms with Gasteiger partial charge in [-0.2, -0.15) is 0 Å². The van der Waals surface area contributed by atoms with E-state index in [0.717, 1.165) is 5.56 Å². The van der Waals surface area contributed by atoms with Crippen molar-refractivity contribution in [2.24, 2.45) is 0 Å². The second-order valence-electron chi connectivity index (χ2n) is 7.80. The molecule has 2 aromatic carbocycles. The summed E-state index contributed by atoms with van der Waals surface area (Å²) in [5, 5.41) is 11.3. The molecule has 1 fully saturated rings. The molecule has 1 amide bonds. The Labute approximate surface area is 187 Å². The van der Waals surface area contributed by atoms with Crippen molar-refractivity contribution in [3.05, 3.63) is 64.2 Å². The zero-order valence-electron chi connectivity index (χ0n) is 18.9. The van der Waals surface area contributed by atoms with E-state index in [1.54, 1.807) is 50.4 Å². The van der Waals surface area contributed by atoms with Crippen molar-refractivity contribution in [1.29, 1.82) is 0 Å². The van der Waals surface area contributed by atoms with Crippen LogP contribution in [0.15, 0.2) is 42.0 Å². The van der Waals surface area contributed by atoms with Crippen LogP contribution in [0.5, 0.6) is 11.5 Å². The number of amides is 1. The van der Waals surface area contributed by atoms with E-state index in [2.05, 4.69) is 0 Å². The fourth-order valence-corrected chi connectivity index (χ4v) is 4.02. The largest absolute Gasteiger partial charge is 0.507 e. The molecule has 0 bridgehead atoms. The van der Waals surface area contributed by atoms with Crippen molar-refractivity contribution in [3.63, 3.8) is 0 Å². The summed E-state index contributed by atoms with van der Waals surface area (Å²) in [6, 6.07) is 9.38. The third-order valence-electron chi connectivity index (χ3n) is 5.44. The zero-order valence-corrected chi connectivity index (χ0v) is 18.9. The third kappa shape index (κ3) is 4.23.